The smallest absolute Gasteiger partial charge is 0.256 e. The Bertz CT molecular complexity index is 1120. The van der Waals surface area contributed by atoms with Gasteiger partial charge in [-0.2, -0.15) is 5.10 Å². The van der Waals surface area contributed by atoms with E-state index in [1.807, 2.05) is 16.8 Å². The lowest BCUT2D eigenvalue weighted by Crippen LogP contribution is -2.17. The van der Waals surface area contributed by atoms with Gasteiger partial charge in [0.15, 0.2) is 17.1 Å². The van der Waals surface area contributed by atoms with E-state index in [-0.39, 0.29) is 11.9 Å². The molecule has 1 amide bonds. The minimum absolute atomic E-state index is 0.164. The van der Waals surface area contributed by atoms with E-state index in [2.05, 4.69) is 40.2 Å². The maximum Gasteiger partial charge on any atom is 0.256 e. The summed E-state index contributed by atoms with van der Waals surface area (Å²) in [5.41, 5.74) is 2.95. The van der Waals surface area contributed by atoms with Crippen molar-refractivity contribution in [3.05, 3.63) is 40.1 Å². The van der Waals surface area contributed by atoms with Crippen LogP contribution in [-0.2, 0) is 0 Å². The standard InChI is InChI=1S/C21H21BrN4O3/c1-11(2)26-20-14(10-23-26)13(7-16(24-20)12-3-4-12)21(27)25-17-9-19-18(8-15(17)22)28-5-6-29-19/h7-12H,3-6H2,1-2H3,(H,25,27). The highest BCUT2D eigenvalue weighted by molar-refractivity contribution is 9.10. The van der Waals surface area contributed by atoms with E-state index in [1.165, 1.54) is 0 Å². The van der Waals surface area contributed by atoms with Crippen molar-refractivity contribution in [3.63, 3.8) is 0 Å². The highest BCUT2D eigenvalue weighted by Crippen LogP contribution is 2.41. The number of pyridine rings is 1. The Morgan fingerprint density at radius 1 is 1.21 bits per heavy atom. The molecule has 0 unspecified atom stereocenters. The number of carbonyl (C=O) groups excluding carboxylic acids is 1. The molecular formula is C21H21BrN4O3. The highest BCUT2D eigenvalue weighted by atomic mass is 79.9. The third-order valence-electron chi connectivity index (χ3n) is 5.20. The molecule has 7 nitrogen and oxygen atoms in total. The molecule has 2 aromatic heterocycles. The lowest BCUT2D eigenvalue weighted by Gasteiger charge is -2.20. The first kappa shape index (κ1) is 18.4. The topological polar surface area (TPSA) is 78.3 Å². The van der Waals surface area contributed by atoms with Gasteiger partial charge in [0.05, 0.1) is 22.8 Å². The van der Waals surface area contributed by atoms with Crippen molar-refractivity contribution in [1.82, 2.24) is 14.8 Å². The molecule has 1 N–H and O–H groups in total. The zero-order valence-corrected chi connectivity index (χ0v) is 17.8. The number of nitrogens with one attached hydrogen (secondary N) is 1. The summed E-state index contributed by atoms with van der Waals surface area (Å²) in [6.45, 7) is 5.13. The van der Waals surface area contributed by atoms with Crippen LogP contribution >= 0.6 is 15.9 Å². The maximum absolute atomic E-state index is 13.3. The number of amides is 1. The Labute approximate surface area is 176 Å². The molecular weight excluding hydrogens is 436 g/mol. The van der Waals surface area contributed by atoms with Crippen molar-refractivity contribution < 1.29 is 14.3 Å². The van der Waals surface area contributed by atoms with E-state index in [4.69, 9.17) is 14.5 Å². The van der Waals surface area contributed by atoms with Crippen molar-refractivity contribution in [2.45, 2.75) is 38.6 Å². The monoisotopic (exact) mass is 456 g/mol. The Hall–Kier alpha value is -2.61. The number of hydrogen-bond acceptors (Lipinski definition) is 5. The second kappa shape index (κ2) is 7.02. The summed E-state index contributed by atoms with van der Waals surface area (Å²) in [4.78, 5) is 18.1. The number of nitrogens with zero attached hydrogens (tertiary/aromatic N) is 3. The Morgan fingerprint density at radius 2 is 1.93 bits per heavy atom. The second-order valence-corrected chi connectivity index (χ2v) is 8.57. The van der Waals surface area contributed by atoms with Gasteiger partial charge in [-0.3, -0.25) is 4.79 Å². The number of ether oxygens (including phenoxy) is 2. The number of anilines is 1. The van der Waals surface area contributed by atoms with E-state index in [0.29, 0.717) is 41.9 Å². The predicted octanol–water partition coefficient (Wildman–Crippen LogP) is 4.68. The number of halogens is 1. The minimum atomic E-state index is -0.194. The van der Waals surface area contributed by atoms with Gasteiger partial charge in [0, 0.05) is 34.3 Å². The van der Waals surface area contributed by atoms with Gasteiger partial charge >= 0.3 is 0 Å². The van der Waals surface area contributed by atoms with Gasteiger partial charge in [-0.25, -0.2) is 9.67 Å². The fraction of sp³-hybridized carbons (Fsp3) is 0.381. The number of fused-ring (bicyclic) bond motifs is 2. The number of carbonyl (C=O) groups is 1. The van der Waals surface area contributed by atoms with Crippen LogP contribution < -0.4 is 14.8 Å². The van der Waals surface area contributed by atoms with Crippen LogP contribution in [0.25, 0.3) is 11.0 Å². The van der Waals surface area contributed by atoms with Gasteiger partial charge in [-0.05, 0) is 48.7 Å². The van der Waals surface area contributed by atoms with Crippen LogP contribution in [0.5, 0.6) is 11.5 Å². The van der Waals surface area contributed by atoms with Gasteiger partial charge < -0.3 is 14.8 Å². The largest absolute Gasteiger partial charge is 0.486 e. The molecule has 1 aliphatic carbocycles. The molecule has 1 saturated carbocycles. The minimum Gasteiger partial charge on any atom is -0.486 e. The van der Waals surface area contributed by atoms with Crippen molar-refractivity contribution >= 4 is 38.6 Å². The lowest BCUT2D eigenvalue weighted by atomic mass is 10.1. The number of rotatable bonds is 4. The average Bonchev–Trinajstić information content (AvgIpc) is 3.46. The summed E-state index contributed by atoms with van der Waals surface area (Å²) in [5, 5.41) is 8.24. The first-order valence-electron chi connectivity index (χ1n) is 9.80. The molecule has 0 atom stereocenters. The van der Waals surface area contributed by atoms with Crippen molar-refractivity contribution in [2.24, 2.45) is 0 Å². The zero-order valence-electron chi connectivity index (χ0n) is 16.2. The van der Waals surface area contributed by atoms with Crippen LogP contribution in [-0.4, -0.2) is 33.9 Å². The van der Waals surface area contributed by atoms with Crippen molar-refractivity contribution in [3.8, 4) is 11.5 Å². The van der Waals surface area contributed by atoms with Crippen molar-refractivity contribution in [1.29, 1.82) is 0 Å². The third kappa shape index (κ3) is 3.35. The number of aromatic nitrogens is 3. The molecule has 1 aromatic carbocycles. The van der Waals surface area contributed by atoms with Crippen LogP contribution in [0.1, 0.15) is 54.7 Å². The normalized spacial score (nSPS) is 15.7. The molecule has 0 spiro atoms. The first-order valence-corrected chi connectivity index (χ1v) is 10.6. The Morgan fingerprint density at radius 3 is 2.62 bits per heavy atom. The van der Waals surface area contributed by atoms with Crippen LogP contribution in [0.2, 0.25) is 0 Å². The van der Waals surface area contributed by atoms with E-state index < -0.39 is 0 Å². The average molecular weight is 457 g/mol. The number of benzene rings is 1. The zero-order chi connectivity index (χ0) is 20.1. The molecule has 8 heteroatoms. The van der Waals surface area contributed by atoms with Crippen LogP contribution in [0, 0.1) is 0 Å². The Balaban J connectivity index is 1.54. The van der Waals surface area contributed by atoms with Gasteiger partial charge in [0.1, 0.15) is 13.2 Å². The SMILES string of the molecule is CC(C)n1ncc2c(C(=O)Nc3cc4c(cc3Br)OCCO4)cc(C3CC3)nc21. The van der Waals surface area contributed by atoms with E-state index in [0.717, 1.165) is 34.0 Å². The fourth-order valence-corrected chi connectivity index (χ4v) is 3.96. The van der Waals surface area contributed by atoms with Gasteiger partial charge in [0.25, 0.3) is 5.91 Å². The lowest BCUT2D eigenvalue weighted by molar-refractivity contribution is 0.102. The van der Waals surface area contributed by atoms with Gasteiger partial charge in [0.2, 0.25) is 0 Å². The predicted molar refractivity (Wildman–Crippen MR) is 113 cm³/mol. The van der Waals surface area contributed by atoms with Gasteiger partial charge in [-0.1, -0.05) is 0 Å². The maximum atomic E-state index is 13.3. The quantitative estimate of drug-likeness (QED) is 0.616. The van der Waals surface area contributed by atoms with E-state index in [1.54, 1.807) is 12.3 Å². The molecule has 3 heterocycles. The Kier molecular flexibility index (Phi) is 4.46. The molecule has 2 aliphatic rings. The third-order valence-corrected chi connectivity index (χ3v) is 5.85. The number of hydrogen-bond donors (Lipinski definition) is 1. The molecule has 5 rings (SSSR count). The molecule has 3 aromatic rings. The summed E-state index contributed by atoms with van der Waals surface area (Å²) in [6.07, 6.45) is 3.96. The molecule has 0 bridgehead atoms. The van der Waals surface area contributed by atoms with Crippen LogP contribution in [0.4, 0.5) is 5.69 Å². The van der Waals surface area contributed by atoms with Crippen LogP contribution in [0.15, 0.2) is 28.9 Å². The second-order valence-electron chi connectivity index (χ2n) is 7.72. The molecule has 0 radical (unpaired) electrons. The molecule has 29 heavy (non-hydrogen) atoms. The van der Waals surface area contributed by atoms with Gasteiger partial charge in [-0.15, -0.1) is 0 Å². The summed E-state index contributed by atoms with van der Waals surface area (Å²) in [7, 11) is 0. The van der Waals surface area contributed by atoms with E-state index in [9.17, 15) is 4.79 Å². The highest BCUT2D eigenvalue weighted by Gasteiger charge is 2.28. The summed E-state index contributed by atoms with van der Waals surface area (Å²) in [5.74, 6) is 1.53. The summed E-state index contributed by atoms with van der Waals surface area (Å²) in [6, 6.07) is 5.68. The molecule has 1 aliphatic heterocycles. The fourth-order valence-electron chi connectivity index (χ4n) is 3.54. The van der Waals surface area contributed by atoms with Crippen molar-refractivity contribution in [2.75, 3.05) is 18.5 Å². The molecule has 1 fully saturated rings. The van der Waals surface area contributed by atoms with E-state index >= 15 is 0 Å². The summed E-state index contributed by atoms with van der Waals surface area (Å²) >= 11 is 3.52. The molecule has 0 saturated heterocycles. The van der Waals surface area contributed by atoms with Crippen LogP contribution in [0.3, 0.4) is 0 Å². The first-order chi connectivity index (χ1) is 14.0. The summed E-state index contributed by atoms with van der Waals surface area (Å²) < 4.78 is 13.8. The molecule has 150 valence electrons.